The van der Waals surface area contributed by atoms with Crippen LogP contribution in [0.25, 0.3) is 16.7 Å². The van der Waals surface area contributed by atoms with Crippen LogP contribution in [0.15, 0.2) is 71.9 Å². The van der Waals surface area contributed by atoms with Gasteiger partial charge >= 0.3 is 0 Å². The fourth-order valence-electron chi connectivity index (χ4n) is 3.15. The van der Waals surface area contributed by atoms with E-state index in [0.29, 0.717) is 11.0 Å². The Bertz CT molecular complexity index is 1230. The molecule has 0 unspecified atom stereocenters. The molecular weight excluding hydrogens is 380 g/mol. The van der Waals surface area contributed by atoms with Crippen LogP contribution in [0.2, 0.25) is 0 Å². The van der Waals surface area contributed by atoms with Gasteiger partial charge in [-0.05, 0) is 36.4 Å². The minimum atomic E-state index is -0.217. The van der Waals surface area contributed by atoms with Crippen molar-refractivity contribution in [1.82, 2.24) is 19.3 Å². The number of nitrogens with zero attached hydrogens (tertiary/aromatic N) is 5. The number of hydrogen-bond donors (Lipinski definition) is 1. The molecule has 0 aliphatic heterocycles. The maximum Gasteiger partial charge on any atom is 0.264 e. The van der Waals surface area contributed by atoms with Gasteiger partial charge in [0.2, 0.25) is 5.91 Å². The van der Waals surface area contributed by atoms with E-state index in [1.165, 1.54) is 17.1 Å². The monoisotopic (exact) mass is 402 g/mol. The molecule has 0 saturated heterocycles. The number of aryl methyl sites for hydroxylation is 1. The molecule has 8 heteroatoms. The van der Waals surface area contributed by atoms with Crippen molar-refractivity contribution < 1.29 is 4.79 Å². The van der Waals surface area contributed by atoms with Crippen LogP contribution in [0.3, 0.4) is 0 Å². The van der Waals surface area contributed by atoms with Crippen LogP contribution in [-0.4, -0.2) is 39.3 Å². The van der Waals surface area contributed by atoms with Crippen LogP contribution in [0.1, 0.15) is 6.42 Å². The standard InChI is InChI=1S/C22H22N6O2/c1-26(2)17-10-8-16(9-11-17)25-20(29)12-13-27-15-23-21-19(22(27)30)14-24-28(21)18-6-4-3-5-7-18/h3-11,14-15H,12-13H2,1-2H3,(H,25,29). The molecule has 1 amide bonds. The van der Waals surface area contributed by atoms with Crippen molar-refractivity contribution in [2.75, 3.05) is 24.3 Å². The molecule has 4 rings (SSSR count). The van der Waals surface area contributed by atoms with Gasteiger partial charge in [-0.3, -0.25) is 14.2 Å². The lowest BCUT2D eigenvalue weighted by Gasteiger charge is -2.13. The summed E-state index contributed by atoms with van der Waals surface area (Å²) in [5.74, 6) is -0.167. The zero-order valence-electron chi connectivity index (χ0n) is 16.8. The molecule has 30 heavy (non-hydrogen) atoms. The van der Waals surface area contributed by atoms with Gasteiger partial charge in [-0.2, -0.15) is 5.10 Å². The van der Waals surface area contributed by atoms with Gasteiger partial charge < -0.3 is 10.2 Å². The van der Waals surface area contributed by atoms with Gasteiger partial charge in [0.25, 0.3) is 5.56 Å². The molecule has 0 aliphatic rings. The van der Waals surface area contributed by atoms with E-state index in [4.69, 9.17) is 0 Å². The van der Waals surface area contributed by atoms with Crippen LogP contribution < -0.4 is 15.8 Å². The Morgan fingerprint density at radius 3 is 2.50 bits per heavy atom. The van der Waals surface area contributed by atoms with Crippen LogP contribution in [-0.2, 0) is 11.3 Å². The molecule has 4 aromatic rings. The summed E-state index contributed by atoms with van der Waals surface area (Å²) in [4.78, 5) is 31.5. The minimum absolute atomic E-state index is 0.162. The Kier molecular flexibility index (Phi) is 5.30. The largest absolute Gasteiger partial charge is 0.378 e. The van der Waals surface area contributed by atoms with Crippen molar-refractivity contribution in [3.8, 4) is 5.69 Å². The highest BCUT2D eigenvalue weighted by atomic mass is 16.2. The molecule has 0 saturated carbocycles. The fourth-order valence-corrected chi connectivity index (χ4v) is 3.15. The van der Waals surface area contributed by atoms with E-state index < -0.39 is 0 Å². The number of hydrogen-bond acceptors (Lipinski definition) is 5. The lowest BCUT2D eigenvalue weighted by atomic mass is 10.2. The molecule has 2 aromatic carbocycles. The second-order valence-corrected chi connectivity index (χ2v) is 7.11. The third kappa shape index (κ3) is 3.93. The summed E-state index contributed by atoms with van der Waals surface area (Å²) in [5.41, 5.74) is 2.88. The van der Waals surface area contributed by atoms with Gasteiger partial charge in [0.05, 0.1) is 18.2 Å². The first kappa shape index (κ1) is 19.4. The Morgan fingerprint density at radius 1 is 1.07 bits per heavy atom. The summed E-state index contributed by atoms with van der Waals surface area (Å²) in [6.07, 6.45) is 3.14. The topological polar surface area (TPSA) is 85.1 Å². The second-order valence-electron chi connectivity index (χ2n) is 7.11. The quantitative estimate of drug-likeness (QED) is 0.536. The summed E-state index contributed by atoms with van der Waals surface area (Å²) in [6, 6.07) is 17.1. The van der Waals surface area contributed by atoms with Crippen molar-refractivity contribution in [3.05, 3.63) is 77.5 Å². The number of aromatic nitrogens is 4. The third-order valence-corrected chi connectivity index (χ3v) is 4.80. The van der Waals surface area contributed by atoms with Gasteiger partial charge in [-0.15, -0.1) is 0 Å². The summed E-state index contributed by atoms with van der Waals surface area (Å²) in [7, 11) is 3.92. The summed E-state index contributed by atoms with van der Waals surface area (Å²) < 4.78 is 3.07. The minimum Gasteiger partial charge on any atom is -0.378 e. The predicted molar refractivity (Wildman–Crippen MR) is 117 cm³/mol. The van der Waals surface area contributed by atoms with E-state index in [2.05, 4.69) is 15.4 Å². The molecular formula is C22H22N6O2. The zero-order chi connectivity index (χ0) is 21.1. The molecule has 0 atom stereocenters. The Morgan fingerprint density at radius 2 is 1.80 bits per heavy atom. The smallest absolute Gasteiger partial charge is 0.264 e. The van der Waals surface area contributed by atoms with E-state index in [-0.39, 0.29) is 24.4 Å². The van der Waals surface area contributed by atoms with Crippen molar-refractivity contribution >= 4 is 28.3 Å². The maximum atomic E-state index is 12.8. The summed E-state index contributed by atoms with van der Waals surface area (Å²) in [6.45, 7) is 0.236. The van der Waals surface area contributed by atoms with Crippen molar-refractivity contribution in [2.45, 2.75) is 13.0 Å². The summed E-state index contributed by atoms with van der Waals surface area (Å²) in [5, 5.41) is 7.56. The van der Waals surface area contributed by atoms with Gasteiger partial charge in [-0.25, -0.2) is 9.67 Å². The first-order chi connectivity index (χ1) is 14.5. The van der Waals surface area contributed by atoms with Crippen molar-refractivity contribution in [1.29, 1.82) is 0 Å². The molecule has 0 spiro atoms. The number of para-hydroxylation sites is 1. The van der Waals surface area contributed by atoms with Crippen molar-refractivity contribution in [2.24, 2.45) is 0 Å². The molecule has 1 N–H and O–H groups in total. The highest BCUT2D eigenvalue weighted by molar-refractivity contribution is 5.90. The van der Waals surface area contributed by atoms with Crippen LogP contribution in [0, 0.1) is 0 Å². The molecule has 152 valence electrons. The highest BCUT2D eigenvalue weighted by Crippen LogP contribution is 2.16. The average Bonchev–Trinajstić information content (AvgIpc) is 3.19. The van der Waals surface area contributed by atoms with E-state index in [1.807, 2.05) is 73.6 Å². The molecule has 0 radical (unpaired) electrons. The number of nitrogens with one attached hydrogen (secondary N) is 1. The second kappa shape index (κ2) is 8.20. The number of fused-ring (bicyclic) bond motifs is 1. The van der Waals surface area contributed by atoms with E-state index in [0.717, 1.165) is 17.1 Å². The van der Waals surface area contributed by atoms with E-state index in [1.54, 1.807) is 4.68 Å². The number of anilines is 2. The van der Waals surface area contributed by atoms with Crippen LogP contribution in [0.5, 0.6) is 0 Å². The number of rotatable bonds is 6. The molecule has 2 heterocycles. The molecule has 0 bridgehead atoms. The first-order valence-corrected chi connectivity index (χ1v) is 9.59. The molecule has 0 fully saturated rings. The van der Waals surface area contributed by atoms with Crippen LogP contribution in [0.4, 0.5) is 11.4 Å². The first-order valence-electron chi connectivity index (χ1n) is 9.59. The van der Waals surface area contributed by atoms with Gasteiger partial charge in [0, 0.05) is 38.4 Å². The SMILES string of the molecule is CN(C)c1ccc(NC(=O)CCn2cnc3c(cnn3-c3ccccc3)c2=O)cc1. The zero-order valence-corrected chi connectivity index (χ0v) is 16.8. The highest BCUT2D eigenvalue weighted by Gasteiger charge is 2.12. The number of carbonyl (C=O) groups is 1. The Balaban J connectivity index is 1.46. The Labute approximate surface area is 173 Å². The Hall–Kier alpha value is -3.94. The fraction of sp³-hybridized carbons (Fsp3) is 0.182. The predicted octanol–water partition coefficient (Wildman–Crippen LogP) is 2.68. The van der Waals surface area contributed by atoms with Crippen LogP contribution >= 0.6 is 0 Å². The van der Waals surface area contributed by atoms with E-state index in [9.17, 15) is 9.59 Å². The maximum absolute atomic E-state index is 12.8. The molecule has 8 nitrogen and oxygen atoms in total. The average molecular weight is 402 g/mol. The summed E-state index contributed by atoms with van der Waals surface area (Å²) >= 11 is 0. The van der Waals surface area contributed by atoms with Crippen molar-refractivity contribution in [3.63, 3.8) is 0 Å². The number of amides is 1. The third-order valence-electron chi connectivity index (χ3n) is 4.80. The van der Waals surface area contributed by atoms with Gasteiger partial charge in [0.1, 0.15) is 5.39 Å². The van der Waals surface area contributed by atoms with Gasteiger partial charge in [0.15, 0.2) is 5.65 Å². The number of benzene rings is 2. The van der Waals surface area contributed by atoms with E-state index >= 15 is 0 Å². The lowest BCUT2D eigenvalue weighted by Crippen LogP contribution is -2.23. The molecule has 0 aliphatic carbocycles. The normalized spacial score (nSPS) is 10.9. The molecule has 2 aromatic heterocycles. The number of carbonyl (C=O) groups excluding carboxylic acids is 1. The lowest BCUT2D eigenvalue weighted by molar-refractivity contribution is -0.116. The van der Waals surface area contributed by atoms with Gasteiger partial charge in [-0.1, -0.05) is 18.2 Å².